The predicted octanol–water partition coefficient (Wildman–Crippen LogP) is 3.74. The summed E-state index contributed by atoms with van der Waals surface area (Å²) in [6, 6.07) is 7.70. The average Bonchev–Trinajstić information content (AvgIpc) is 3.09. The zero-order chi connectivity index (χ0) is 14.1. The molecule has 0 amide bonds. The van der Waals surface area contributed by atoms with Gasteiger partial charge in [-0.2, -0.15) is 0 Å². The second-order valence-corrected chi connectivity index (χ2v) is 7.38. The lowest BCUT2D eigenvalue weighted by atomic mass is 9.78. The Morgan fingerprint density at radius 2 is 1.89 bits per heavy atom. The first-order chi connectivity index (χ1) is 8.78. The quantitative estimate of drug-likeness (QED) is 0.846. The van der Waals surface area contributed by atoms with Crippen molar-refractivity contribution in [3.05, 3.63) is 29.8 Å². The zero-order valence-electron chi connectivity index (χ0n) is 12.7. The molecule has 0 heterocycles. The highest BCUT2D eigenvalue weighted by Gasteiger charge is 2.41. The summed E-state index contributed by atoms with van der Waals surface area (Å²) in [4.78, 5) is 0. The molecule has 1 atom stereocenters. The fourth-order valence-corrected chi connectivity index (χ4v) is 2.73. The Bertz CT molecular complexity index is 431. The third-order valence-electron chi connectivity index (χ3n) is 4.10. The summed E-state index contributed by atoms with van der Waals surface area (Å²) >= 11 is 0. The second kappa shape index (κ2) is 5.16. The number of benzene rings is 1. The van der Waals surface area contributed by atoms with Crippen LogP contribution in [0, 0.1) is 11.3 Å². The summed E-state index contributed by atoms with van der Waals surface area (Å²) in [6.45, 7) is 10.1. The van der Waals surface area contributed by atoms with Gasteiger partial charge in [0.25, 0.3) is 0 Å². The van der Waals surface area contributed by atoms with Crippen molar-refractivity contribution >= 4 is 0 Å². The van der Waals surface area contributed by atoms with E-state index in [0.717, 1.165) is 18.9 Å². The highest BCUT2D eigenvalue weighted by Crippen LogP contribution is 2.47. The first-order valence-electron chi connectivity index (χ1n) is 7.31. The van der Waals surface area contributed by atoms with Crippen LogP contribution in [0.4, 0.5) is 0 Å². The van der Waals surface area contributed by atoms with Gasteiger partial charge in [0.15, 0.2) is 0 Å². The van der Waals surface area contributed by atoms with Crippen LogP contribution in [0.3, 0.4) is 0 Å². The van der Waals surface area contributed by atoms with Crippen molar-refractivity contribution in [1.29, 1.82) is 0 Å². The van der Waals surface area contributed by atoms with Gasteiger partial charge in [0.05, 0.1) is 0 Å². The van der Waals surface area contributed by atoms with E-state index in [-0.39, 0.29) is 5.54 Å². The third kappa shape index (κ3) is 4.24. The van der Waals surface area contributed by atoms with Crippen LogP contribution in [0.25, 0.3) is 0 Å². The van der Waals surface area contributed by atoms with E-state index in [1.54, 1.807) is 6.07 Å². The summed E-state index contributed by atoms with van der Waals surface area (Å²) in [6.07, 6.45) is 3.73. The molecule has 1 aliphatic carbocycles. The summed E-state index contributed by atoms with van der Waals surface area (Å²) in [7, 11) is 0. The molecule has 0 radical (unpaired) electrons. The van der Waals surface area contributed by atoms with Crippen LogP contribution in [0.15, 0.2) is 24.3 Å². The van der Waals surface area contributed by atoms with Gasteiger partial charge in [0.1, 0.15) is 5.75 Å². The molecule has 1 unspecified atom stereocenters. The molecule has 2 N–H and O–H groups in total. The van der Waals surface area contributed by atoms with Crippen molar-refractivity contribution in [3.63, 3.8) is 0 Å². The van der Waals surface area contributed by atoms with Gasteiger partial charge >= 0.3 is 0 Å². The van der Waals surface area contributed by atoms with Crippen LogP contribution in [0.1, 0.15) is 46.1 Å². The highest BCUT2D eigenvalue weighted by atomic mass is 16.3. The molecule has 0 aromatic heterocycles. The lowest BCUT2D eigenvalue weighted by molar-refractivity contribution is 0.227. The first kappa shape index (κ1) is 14.4. The Labute approximate surface area is 117 Å². The van der Waals surface area contributed by atoms with Crippen LogP contribution >= 0.6 is 0 Å². The van der Waals surface area contributed by atoms with Crippen molar-refractivity contribution in [1.82, 2.24) is 5.32 Å². The molecule has 0 saturated heterocycles. The minimum Gasteiger partial charge on any atom is -0.508 e. The molecule has 1 aliphatic rings. The van der Waals surface area contributed by atoms with Gasteiger partial charge in [-0.05, 0) is 69.1 Å². The number of nitrogens with one attached hydrogen (secondary N) is 1. The van der Waals surface area contributed by atoms with Gasteiger partial charge in [-0.15, -0.1) is 0 Å². The Morgan fingerprint density at radius 3 is 2.42 bits per heavy atom. The fraction of sp³-hybridized carbons (Fsp3) is 0.647. The molecule has 19 heavy (non-hydrogen) atoms. The monoisotopic (exact) mass is 261 g/mol. The van der Waals surface area contributed by atoms with E-state index in [0.29, 0.717) is 11.2 Å². The smallest absolute Gasteiger partial charge is 0.115 e. The third-order valence-corrected chi connectivity index (χ3v) is 4.10. The molecule has 2 heteroatoms. The van der Waals surface area contributed by atoms with Crippen molar-refractivity contribution in [3.8, 4) is 5.75 Å². The molecule has 1 fully saturated rings. The molecule has 2 rings (SSSR count). The normalized spacial score (nSPS) is 19.2. The summed E-state index contributed by atoms with van der Waals surface area (Å²) in [5.74, 6) is 1.20. The Kier molecular flexibility index (Phi) is 3.91. The van der Waals surface area contributed by atoms with Crippen molar-refractivity contribution in [2.75, 3.05) is 6.54 Å². The molecular formula is C17H27NO. The van der Waals surface area contributed by atoms with E-state index in [1.165, 1.54) is 18.4 Å². The van der Waals surface area contributed by atoms with Gasteiger partial charge < -0.3 is 10.4 Å². The van der Waals surface area contributed by atoms with Crippen LogP contribution in [0.5, 0.6) is 5.75 Å². The SMILES string of the molecule is CC(C)(C)NCC(C)(Cc1cccc(O)c1)C1CC1. The predicted molar refractivity (Wildman–Crippen MR) is 80.4 cm³/mol. The van der Waals surface area contributed by atoms with E-state index in [9.17, 15) is 5.11 Å². The van der Waals surface area contributed by atoms with E-state index in [2.05, 4.69) is 39.1 Å². The number of hydrogen-bond donors (Lipinski definition) is 2. The lowest BCUT2D eigenvalue weighted by Gasteiger charge is -2.34. The number of phenolic OH excluding ortho intramolecular Hbond substituents is 1. The van der Waals surface area contributed by atoms with Gasteiger partial charge in [0.2, 0.25) is 0 Å². The lowest BCUT2D eigenvalue weighted by Crippen LogP contribution is -2.44. The molecule has 2 nitrogen and oxygen atoms in total. The minimum atomic E-state index is 0.162. The Hall–Kier alpha value is -1.02. The molecular weight excluding hydrogens is 234 g/mol. The second-order valence-electron chi connectivity index (χ2n) is 7.38. The molecule has 106 valence electrons. The molecule has 0 aliphatic heterocycles. The number of phenols is 1. The summed E-state index contributed by atoms with van der Waals surface area (Å²) in [5.41, 5.74) is 1.70. The van der Waals surface area contributed by atoms with Gasteiger partial charge in [0, 0.05) is 12.1 Å². The van der Waals surface area contributed by atoms with Crippen LogP contribution in [0.2, 0.25) is 0 Å². The van der Waals surface area contributed by atoms with Gasteiger partial charge in [-0.1, -0.05) is 19.1 Å². The van der Waals surface area contributed by atoms with E-state index < -0.39 is 0 Å². The van der Waals surface area contributed by atoms with Crippen LogP contribution in [-0.4, -0.2) is 17.2 Å². The largest absolute Gasteiger partial charge is 0.508 e. The number of rotatable bonds is 5. The van der Waals surface area contributed by atoms with Crippen molar-refractivity contribution in [2.24, 2.45) is 11.3 Å². The molecule has 0 spiro atoms. The van der Waals surface area contributed by atoms with Crippen LogP contribution in [-0.2, 0) is 6.42 Å². The maximum atomic E-state index is 9.61. The van der Waals surface area contributed by atoms with Crippen molar-refractivity contribution in [2.45, 2.75) is 52.5 Å². The maximum Gasteiger partial charge on any atom is 0.115 e. The number of aromatic hydroxyl groups is 1. The highest BCUT2D eigenvalue weighted by molar-refractivity contribution is 5.28. The van der Waals surface area contributed by atoms with E-state index in [4.69, 9.17) is 0 Å². The summed E-state index contributed by atoms with van der Waals surface area (Å²) < 4.78 is 0. The first-order valence-corrected chi connectivity index (χ1v) is 7.31. The van der Waals surface area contributed by atoms with Crippen molar-refractivity contribution < 1.29 is 5.11 Å². The van der Waals surface area contributed by atoms with Crippen LogP contribution < -0.4 is 5.32 Å². The Balaban J connectivity index is 2.07. The van der Waals surface area contributed by atoms with Gasteiger partial charge in [-0.3, -0.25) is 0 Å². The van der Waals surface area contributed by atoms with E-state index >= 15 is 0 Å². The molecule has 0 bridgehead atoms. The Morgan fingerprint density at radius 1 is 1.21 bits per heavy atom. The minimum absolute atomic E-state index is 0.162. The fourth-order valence-electron chi connectivity index (χ4n) is 2.73. The zero-order valence-corrected chi connectivity index (χ0v) is 12.7. The molecule has 1 saturated carbocycles. The molecule has 1 aromatic rings. The maximum absolute atomic E-state index is 9.61. The average molecular weight is 261 g/mol. The van der Waals surface area contributed by atoms with E-state index in [1.807, 2.05) is 12.1 Å². The standard InChI is InChI=1S/C17H27NO/c1-16(2,3)18-12-17(4,14-8-9-14)11-13-6-5-7-15(19)10-13/h5-7,10,14,18-19H,8-9,11-12H2,1-4H3. The number of hydrogen-bond acceptors (Lipinski definition) is 2. The topological polar surface area (TPSA) is 32.3 Å². The van der Waals surface area contributed by atoms with Gasteiger partial charge in [-0.25, -0.2) is 0 Å². The summed E-state index contributed by atoms with van der Waals surface area (Å²) in [5, 5.41) is 13.3. The molecule has 1 aromatic carbocycles.